The minimum Gasteiger partial charge on any atom is -0.273 e. The summed E-state index contributed by atoms with van der Waals surface area (Å²) in [7, 11) is 0. The van der Waals surface area contributed by atoms with Gasteiger partial charge in [-0.1, -0.05) is 11.3 Å². The summed E-state index contributed by atoms with van der Waals surface area (Å²) in [6, 6.07) is 11.7. The lowest BCUT2D eigenvalue weighted by Crippen LogP contribution is -2.29. The predicted octanol–water partition coefficient (Wildman–Crippen LogP) is 3.91. The number of carbonyl (C=O) groups is 1. The average molecular weight is 333 g/mol. The van der Waals surface area contributed by atoms with E-state index in [4.69, 9.17) is 0 Å². The largest absolute Gasteiger partial charge is 0.273 e. The van der Waals surface area contributed by atoms with E-state index in [9.17, 15) is 9.18 Å². The highest BCUT2D eigenvalue weighted by Gasteiger charge is 2.08. The van der Waals surface area contributed by atoms with Crippen LogP contribution in [0.3, 0.4) is 0 Å². The normalized spacial score (nSPS) is 10.6. The molecule has 0 aliphatic heterocycles. The fraction of sp³-hybridized carbons (Fsp3) is 0.0667. The van der Waals surface area contributed by atoms with Crippen molar-refractivity contribution in [3.63, 3.8) is 0 Å². The van der Waals surface area contributed by atoms with Crippen LogP contribution in [0.1, 0.15) is 10.4 Å². The molecule has 22 heavy (non-hydrogen) atoms. The van der Waals surface area contributed by atoms with Crippen molar-refractivity contribution in [2.24, 2.45) is 0 Å². The average Bonchev–Trinajstić information content (AvgIpc) is 2.94. The Morgan fingerprint density at radius 3 is 2.73 bits per heavy atom. The van der Waals surface area contributed by atoms with Crippen LogP contribution >= 0.6 is 23.1 Å². The second-order valence-corrected chi connectivity index (χ2v) is 6.35. The molecule has 0 atom stereocenters. The summed E-state index contributed by atoms with van der Waals surface area (Å²) in [5.74, 6) is -0.557. The zero-order chi connectivity index (χ0) is 15.5. The van der Waals surface area contributed by atoms with Gasteiger partial charge in [0.05, 0.1) is 10.2 Å². The van der Waals surface area contributed by atoms with Crippen molar-refractivity contribution in [3.05, 3.63) is 53.8 Å². The highest BCUT2D eigenvalue weighted by atomic mass is 32.2. The second-order valence-electron chi connectivity index (χ2n) is 4.44. The van der Waals surface area contributed by atoms with Crippen LogP contribution < -0.4 is 10.9 Å². The van der Waals surface area contributed by atoms with Gasteiger partial charge in [-0.05, 0) is 48.7 Å². The summed E-state index contributed by atoms with van der Waals surface area (Å²) < 4.78 is 13.9. The van der Waals surface area contributed by atoms with Gasteiger partial charge in [0.2, 0.25) is 5.13 Å². The van der Waals surface area contributed by atoms with Gasteiger partial charge in [-0.15, -0.1) is 11.8 Å². The van der Waals surface area contributed by atoms with E-state index >= 15 is 0 Å². The molecule has 0 aliphatic rings. The van der Waals surface area contributed by atoms with Crippen LogP contribution in [0, 0.1) is 5.82 Å². The Kier molecular flexibility index (Phi) is 4.26. The Morgan fingerprint density at radius 2 is 2.00 bits per heavy atom. The van der Waals surface area contributed by atoms with Crippen LogP contribution in [-0.4, -0.2) is 17.1 Å². The van der Waals surface area contributed by atoms with Crippen molar-refractivity contribution < 1.29 is 9.18 Å². The number of thiazole rings is 1. The summed E-state index contributed by atoms with van der Waals surface area (Å²) >= 11 is 2.89. The number of anilines is 1. The third-order valence-corrected chi connectivity index (χ3v) is 4.66. The molecule has 0 radical (unpaired) electrons. The number of amides is 1. The van der Waals surface area contributed by atoms with Crippen LogP contribution in [0.2, 0.25) is 0 Å². The molecule has 1 aromatic heterocycles. The third-order valence-electron chi connectivity index (χ3n) is 2.99. The number of hydrazine groups is 1. The van der Waals surface area contributed by atoms with Gasteiger partial charge in [-0.3, -0.25) is 15.6 Å². The van der Waals surface area contributed by atoms with E-state index in [1.165, 1.54) is 23.5 Å². The Bertz CT molecular complexity index is 817. The Hall–Kier alpha value is -2.12. The van der Waals surface area contributed by atoms with E-state index in [1.54, 1.807) is 30.0 Å². The topological polar surface area (TPSA) is 54.0 Å². The summed E-state index contributed by atoms with van der Waals surface area (Å²) in [5.41, 5.74) is 6.59. The van der Waals surface area contributed by atoms with Crippen LogP contribution in [0.15, 0.2) is 47.4 Å². The highest BCUT2D eigenvalue weighted by molar-refractivity contribution is 7.98. The van der Waals surface area contributed by atoms with E-state index in [0.29, 0.717) is 16.2 Å². The molecule has 0 saturated heterocycles. The molecule has 2 N–H and O–H groups in total. The molecule has 0 aliphatic carbocycles. The van der Waals surface area contributed by atoms with E-state index in [1.807, 2.05) is 18.4 Å². The van der Waals surface area contributed by atoms with Crippen LogP contribution in [0.25, 0.3) is 10.2 Å². The lowest BCUT2D eigenvalue weighted by Gasteiger charge is -2.05. The van der Waals surface area contributed by atoms with Crippen molar-refractivity contribution in [1.29, 1.82) is 0 Å². The monoisotopic (exact) mass is 333 g/mol. The number of hydrogen-bond acceptors (Lipinski definition) is 5. The lowest BCUT2D eigenvalue weighted by atomic mass is 10.2. The molecular weight excluding hydrogens is 321 g/mol. The minimum absolute atomic E-state index is 0.252. The zero-order valence-electron chi connectivity index (χ0n) is 11.6. The van der Waals surface area contributed by atoms with Gasteiger partial charge < -0.3 is 0 Å². The Labute approximate surface area is 134 Å². The van der Waals surface area contributed by atoms with Gasteiger partial charge in [0.15, 0.2) is 0 Å². The fourth-order valence-corrected chi connectivity index (χ4v) is 3.13. The van der Waals surface area contributed by atoms with E-state index in [0.717, 1.165) is 9.60 Å². The maximum atomic E-state index is 13.1. The summed E-state index contributed by atoms with van der Waals surface area (Å²) in [6.45, 7) is 0. The number of carbonyl (C=O) groups excluding carboxylic acids is 1. The van der Waals surface area contributed by atoms with Crippen molar-refractivity contribution in [2.75, 3.05) is 11.7 Å². The van der Waals surface area contributed by atoms with E-state index < -0.39 is 0 Å². The van der Waals surface area contributed by atoms with Crippen LogP contribution in [0.4, 0.5) is 9.52 Å². The zero-order valence-corrected chi connectivity index (χ0v) is 13.2. The number of benzene rings is 2. The number of nitrogens with zero attached hydrogens (tertiary/aromatic N) is 1. The molecule has 112 valence electrons. The van der Waals surface area contributed by atoms with Gasteiger partial charge in [0, 0.05) is 10.5 Å². The van der Waals surface area contributed by atoms with Crippen molar-refractivity contribution in [1.82, 2.24) is 10.4 Å². The van der Waals surface area contributed by atoms with E-state index in [2.05, 4.69) is 15.8 Å². The maximum Gasteiger partial charge on any atom is 0.269 e. The number of thioether (sulfide) groups is 1. The number of fused-ring (bicyclic) bond motifs is 1. The Morgan fingerprint density at radius 1 is 1.23 bits per heavy atom. The summed E-state index contributed by atoms with van der Waals surface area (Å²) in [5, 5.41) is 0.509. The lowest BCUT2D eigenvalue weighted by molar-refractivity contribution is 0.0962. The van der Waals surface area contributed by atoms with Gasteiger partial charge in [-0.2, -0.15) is 0 Å². The summed E-state index contributed by atoms with van der Waals surface area (Å²) in [4.78, 5) is 17.4. The molecule has 0 saturated carbocycles. The molecule has 3 rings (SSSR count). The molecule has 7 heteroatoms. The minimum atomic E-state index is -0.305. The molecule has 3 aromatic rings. The third kappa shape index (κ3) is 3.20. The molecule has 0 spiro atoms. The maximum absolute atomic E-state index is 13.1. The van der Waals surface area contributed by atoms with Crippen LogP contribution in [-0.2, 0) is 0 Å². The van der Waals surface area contributed by atoms with Crippen molar-refractivity contribution in [3.8, 4) is 0 Å². The SMILES string of the molecule is CSc1ccc(C(=O)NNc2nc3ccc(F)cc3s2)cc1. The Balaban J connectivity index is 1.68. The first-order chi connectivity index (χ1) is 10.7. The molecule has 1 heterocycles. The highest BCUT2D eigenvalue weighted by Crippen LogP contribution is 2.25. The number of rotatable bonds is 4. The molecular formula is C15H12FN3OS2. The number of aromatic nitrogens is 1. The molecule has 2 aromatic carbocycles. The van der Waals surface area contributed by atoms with E-state index in [-0.39, 0.29) is 11.7 Å². The molecule has 0 fully saturated rings. The standard InChI is InChI=1S/C15H12FN3OS2/c1-21-11-5-2-9(3-6-11)14(20)18-19-15-17-12-7-4-10(16)8-13(12)22-15/h2-8H,1H3,(H,17,19)(H,18,20). The van der Waals surface area contributed by atoms with Crippen LogP contribution in [0.5, 0.6) is 0 Å². The predicted molar refractivity (Wildman–Crippen MR) is 88.9 cm³/mol. The smallest absolute Gasteiger partial charge is 0.269 e. The molecule has 0 bridgehead atoms. The van der Waals surface area contributed by atoms with Gasteiger partial charge in [0.25, 0.3) is 5.91 Å². The molecule has 4 nitrogen and oxygen atoms in total. The molecule has 0 unspecified atom stereocenters. The first-order valence-corrected chi connectivity index (χ1v) is 8.46. The first-order valence-electron chi connectivity index (χ1n) is 6.42. The fourth-order valence-electron chi connectivity index (χ4n) is 1.88. The number of nitrogens with one attached hydrogen (secondary N) is 2. The quantitative estimate of drug-likeness (QED) is 0.561. The van der Waals surface area contributed by atoms with Gasteiger partial charge in [-0.25, -0.2) is 9.37 Å². The van der Waals surface area contributed by atoms with Crippen molar-refractivity contribution >= 4 is 44.4 Å². The van der Waals surface area contributed by atoms with Crippen molar-refractivity contribution in [2.45, 2.75) is 4.90 Å². The number of halogens is 1. The number of hydrogen-bond donors (Lipinski definition) is 2. The van der Waals surface area contributed by atoms with Gasteiger partial charge >= 0.3 is 0 Å². The molecule has 1 amide bonds. The second kappa shape index (κ2) is 6.33. The first kappa shape index (κ1) is 14.8. The summed E-state index contributed by atoms with van der Waals surface area (Å²) in [6.07, 6.45) is 1.98. The van der Waals surface area contributed by atoms with Gasteiger partial charge in [0.1, 0.15) is 5.82 Å².